The van der Waals surface area contributed by atoms with Crippen LogP contribution in [0.1, 0.15) is 31.8 Å². The number of carboxylic acids is 1. The summed E-state index contributed by atoms with van der Waals surface area (Å²) in [5.41, 5.74) is 2.22. The summed E-state index contributed by atoms with van der Waals surface area (Å²) >= 11 is 1.53. The van der Waals surface area contributed by atoms with Gasteiger partial charge < -0.3 is 9.52 Å². The van der Waals surface area contributed by atoms with E-state index in [2.05, 4.69) is 11.1 Å². The highest BCUT2D eigenvalue weighted by Gasteiger charge is 2.29. The van der Waals surface area contributed by atoms with Crippen LogP contribution < -0.4 is 0 Å². The van der Waals surface area contributed by atoms with Gasteiger partial charge in [-0.05, 0) is 13.3 Å². The molecule has 0 unspecified atom stereocenters. The molecule has 96 valence electrons. The normalized spacial score (nSPS) is 12.6. The lowest BCUT2D eigenvalue weighted by atomic mass is 9.97. The van der Waals surface area contributed by atoms with Crippen LogP contribution in [0.3, 0.4) is 0 Å². The molecule has 0 aromatic carbocycles. The maximum Gasteiger partial charge on any atom is 0.372 e. The number of aryl methyl sites for hydroxylation is 2. The van der Waals surface area contributed by atoms with Crippen molar-refractivity contribution < 1.29 is 14.3 Å². The summed E-state index contributed by atoms with van der Waals surface area (Å²) in [5.74, 6) is -0.371. The number of aromatic carboxylic acids is 1. The Kier molecular flexibility index (Phi) is 2.64. The Morgan fingerprint density at radius 2 is 2.37 bits per heavy atom. The van der Waals surface area contributed by atoms with Gasteiger partial charge in [0, 0.05) is 22.4 Å². The summed E-state index contributed by atoms with van der Waals surface area (Å²) in [6.07, 6.45) is 1.76. The average Bonchev–Trinajstić information content (AvgIpc) is 2.90. The molecule has 0 spiro atoms. The smallest absolute Gasteiger partial charge is 0.372 e. The number of nitrogens with zero attached hydrogens (tertiary/aromatic N) is 2. The third-order valence-electron chi connectivity index (χ3n) is 3.20. The van der Waals surface area contributed by atoms with Crippen LogP contribution in [0.15, 0.2) is 4.42 Å². The zero-order valence-corrected chi connectivity index (χ0v) is 11.0. The molecular formula is C13H10N2O3S. The topological polar surface area (TPSA) is 87.1 Å². The second kappa shape index (κ2) is 4.21. The fraction of sp³-hybridized carbons (Fsp3) is 0.308. The lowest BCUT2D eigenvalue weighted by Gasteiger charge is -2.09. The minimum atomic E-state index is -1.05. The van der Waals surface area contributed by atoms with Gasteiger partial charge in [-0.1, -0.05) is 0 Å². The first-order valence-corrected chi connectivity index (χ1v) is 6.65. The Labute approximate surface area is 113 Å². The molecule has 0 aliphatic heterocycles. The molecule has 1 aliphatic rings. The highest BCUT2D eigenvalue weighted by atomic mass is 32.1. The Balaban J connectivity index is 2.18. The summed E-state index contributed by atoms with van der Waals surface area (Å²) in [6, 6.07) is 2.09. The minimum absolute atomic E-state index is 0.00677. The Hall–Kier alpha value is -2.13. The summed E-state index contributed by atoms with van der Waals surface area (Å²) in [6.45, 7) is 1.74. The van der Waals surface area contributed by atoms with Crippen molar-refractivity contribution in [1.82, 2.24) is 4.98 Å². The molecule has 0 amide bonds. The van der Waals surface area contributed by atoms with Crippen molar-refractivity contribution >= 4 is 17.3 Å². The Morgan fingerprint density at radius 1 is 1.58 bits per heavy atom. The predicted octanol–water partition coefficient (Wildman–Crippen LogP) is 2.57. The molecule has 1 aliphatic carbocycles. The van der Waals surface area contributed by atoms with Crippen LogP contribution in [-0.2, 0) is 19.3 Å². The van der Waals surface area contributed by atoms with Crippen molar-refractivity contribution in [2.24, 2.45) is 0 Å². The summed E-state index contributed by atoms with van der Waals surface area (Å²) < 4.78 is 5.42. The summed E-state index contributed by atoms with van der Waals surface area (Å²) in [5, 5.41) is 18.6. The number of furan rings is 1. The third-order valence-corrected chi connectivity index (χ3v) is 4.32. The van der Waals surface area contributed by atoms with Gasteiger partial charge in [0.15, 0.2) is 0 Å². The van der Waals surface area contributed by atoms with E-state index in [1.807, 2.05) is 0 Å². The number of hydrogen-bond donors (Lipinski definition) is 1. The molecule has 0 bridgehead atoms. The number of carboxylic acid groups (broad SMARTS) is 1. The third kappa shape index (κ3) is 1.74. The van der Waals surface area contributed by atoms with Gasteiger partial charge >= 0.3 is 5.97 Å². The maximum absolute atomic E-state index is 11.1. The molecule has 19 heavy (non-hydrogen) atoms. The van der Waals surface area contributed by atoms with Crippen LogP contribution in [0.4, 0.5) is 0 Å². The van der Waals surface area contributed by atoms with Crippen molar-refractivity contribution in [2.45, 2.75) is 26.2 Å². The van der Waals surface area contributed by atoms with Crippen LogP contribution >= 0.6 is 11.3 Å². The van der Waals surface area contributed by atoms with Crippen molar-refractivity contribution in [3.8, 4) is 17.3 Å². The number of nitriles is 1. The number of thiazole rings is 1. The van der Waals surface area contributed by atoms with E-state index < -0.39 is 5.97 Å². The largest absolute Gasteiger partial charge is 0.475 e. The van der Waals surface area contributed by atoms with Crippen LogP contribution in [0.2, 0.25) is 0 Å². The van der Waals surface area contributed by atoms with Gasteiger partial charge in [0.2, 0.25) is 5.76 Å². The number of hydrogen-bond acceptors (Lipinski definition) is 5. The van der Waals surface area contributed by atoms with Crippen LogP contribution in [0.5, 0.6) is 0 Å². The maximum atomic E-state index is 11.1. The van der Waals surface area contributed by atoms with Gasteiger partial charge in [0.1, 0.15) is 10.8 Å². The van der Waals surface area contributed by atoms with Crippen molar-refractivity contribution in [3.63, 3.8) is 0 Å². The highest BCUT2D eigenvalue weighted by molar-refractivity contribution is 7.12. The number of rotatable bonds is 2. The predicted molar refractivity (Wildman–Crippen MR) is 68.2 cm³/mol. The lowest BCUT2D eigenvalue weighted by molar-refractivity contribution is 0.0659. The van der Waals surface area contributed by atoms with E-state index in [-0.39, 0.29) is 12.2 Å². The van der Waals surface area contributed by atoms with E-state index >= 15 is 0 Å². The number of aromatic nitrogens is 1. The van der Waals surface area contributed by atoms with Gasteiger partial charge in [0.05, 0.1) is 18.2 Å². The van der Waals surface area contributed by atoms with E-state index in [9.17, 15) is 4.79 Å². The van der Waals surface area contributed by atoms with Gasteiger partial charge in [-0.15, -0.1) is 11.3 Å². The lowest BCUT2D eigenvalue weighted by Crippen LogP contribution is -2.00. The van der Waals surface area contributed by atoms with E-state index in [1.54, 1.807) is 6.92 Å². The van der Waals surface area contributed by atoms with Gasteiger partial charge in [-0.25, -0.2) is 9.78 Å². The first-order chi connectivity index (χ1) is 9.11. The zero-order valence-electron chi connectivity index (χ0n) is 10.2. The molecule has 0 saturated heterocycles. The zero-order chi connectivity index (χ0) is 13.6. The molecule has 5 nitrogen and oxygen atoms in total. The van der Waals surface area contributed by atoms with Crippen molar-refractivity contribution in [1.29, 1.82) is 5.26 Å². The molecule has 0 atom stereocenters. The summed E-state index contributed by atoms with van der Waals surface area (Å²) in [4.78, 5) is 16.7. The molecule has 1 N–H and O–H groups in total. The molecule has 0 fully saturated rings. The SMILES string of the molecule is Cc1c(C(=O)O)oc2c1-c1nc(CC#N)sc1CC2. The first kappa shape index (κ1) is 11.9. The van der Waals surface area contributed by atoms with Crippen molar-refractivity contribution in [3.05, 3.63) is 27.0 Å². The van der Waals surface area contributed by atoms with E-state index in [0.717, 1.165) is 27.6 Å². The molecule has 0 radical (unpaired) electrons. The first-order valence-electron chi connectivity index (χ1n) is 5.83. The van der Waals surface area contributed by atoms with Crippen molar-refractivity contribution in [2.75, 3.05) is 0 Å². The van der Waals surface area contributed by atoms with Crippen LogP contribution in [0.25, 0.3) is 11.3 Å². The number of carbonyl (C=O) groups is 1. The molecule has 6 heteroatoms. The van der Waals surface area contributed by atoms with E-state index in [1.165, 1.54) is 11.3 Å². The molecule has 2 aromatic heterocycles. The molecule has 0 saturated carbocycles. The van der Waals surface area contributed by atoms with Crippen LogP contribution in [0, 0.1) is 18.3 Å². The molecular weight excluding hydrogens is 264 g/mol. The molecule has 2 aromatic rings. The second-order valence-electron chi connectivity index (χ2n) is 4.37. The fourth-order valence-corrected chi connectivity index (χ4v) is 3.41. The van der Waals surface area contributed by atoms with E-state index in [0.29, 0.717) is 17.7 Å². The Morgan fingerprint density at radius 3 is 3.05 bits per heavy atom. The molecule has 3 rings (SSSR count). The fourth-order valence-electron chi connectivity index (χ4n) is 2.40. The monoisotopic (exact) mass is 274 g/mol. The standard InChI is InChI=1S/C13H10N2O3S/c1-6-10-7(18-12(6)13(16)17)2-3-8-11(10)15-9(19-8)4-5-14/h2-4H2,1H3,(H,16,17). The summed E-state index contributed by atoms with van der Waals surface area (Å²) in [7, 11) is 0. The van der Waals surface area contributed by atoms with E-state index in [4.69, 9.17) is 14.8 Å². The van der Waals surface area contributed by atoms with Gasteiger partial charge in [0.25, 0.3) is 0 Å². The molecule has 2 heterocycles. The van der Waals surface area contributed by atoms with Gasteiger partial charge in [-0.3, -0.25) is 0 Å². The Bertz CT molecular complexity index is 721. The average molecular weight is 274 g/mol. The second-order valence-corrected chi connectivity index (χ2v) is 5.54. The van der Waals surface area contributed by atoms with Crippen LogP contribution in [-0.4, -0.2) is 16.1 Å². The van der Waals surface area contributed by atoms with Gasteiger partial charge in [-0.2, -0.15) is 5.26 Å². The number of fused-ring (bicyclic) bond motifs is 3. The quantitative estimate of drug-likeness (QED) is 0.909. The minimum Gasteiger partial charge on any atom is -0.475 e. The highest BCUT2D eigenvalue weighted by Crippen LogP contribution is 2.40.